The quantitative estimate of drug-likeness (QED) is 0.145. The van der Waals surface area contributed by atoms with Crippen molar-refractivity contribution in [2.24, 2.45) is 0 Å². The summed E-state index contributed by atoms with van der Waals surface area (Å²) in [6, 6.07) is 19.6. The predicted molar refractivity (Wildman–Crippen MR) is 184 cm³/mol. The topological polar surface area (TPSA) is 167 Å². The number of carbonyl (C=O) groups is 6. The first-order valence-electron chi connectivity index (χ1n) is 16.5. The van der Waals surface area contributed by atoms with Crippen molar-refractivity contribution < 1.29 is 61.9 Å². The van der Waals surface area contributed by atoms with Gasteiger partial charge in [0.15, 0.2) is 0 Å². The number of ether oxygens (including phenoxy) is 7. The van der Waals surface area contributed by atoms with Crippen molar-refractivity contribution >= 4 is 35.8 Å². The molecule has 4 atom stereocenters. The van der Waals surface area contributed by atoms with E-state index in [-0.39, 0.29) is 28.7 Å². The van der Waals surface area contributed by atoms with Crippen molar-refractivity contribution in [3.63, 3.8) is 0 Å². The Hall–Kier alpha value is -6.50. The van der Waals surface area contributed by atoms with Crippen molar-refractivity contribution in [2.75, 3.05) is 0 Å². The molecule has 272 valence electrons. The highest BCUT2D eigenvalue weighted by Crippen LogP contribution is 2.66. The van der Waals surface area contributed by atoms with Crippen LogP contribution in [0.4, 0.5) is 0 Å². The second-order valence-corrected chi connectivity index (χ2v) is 12.6. The molecule has 4 aromatic rings. The molecule has 6 rings (SSSR count). The summed E-state index contributed by atoms with van der Waals surface area (Å²) in [4.78, 5) is 72.8. The summed E-state index contributed by atoms with van der Waals surface area (Å²) in [7, 11) is 0. The second kappa shape index (κ2) is 14.6. The Kier molecular flexibility index (Phi) is 10.0. The van der Waals surface area contributed by atoms with Gasteiger partial charge in [-0.25, -0.2) is 0 Å². The first-order valence-corrected chi connectivity index (χ1v) is 16.5. The van der Waals surface area contributed by atoms with Gasteiger partial charge in [-0.05, 0) is 58.7 Å². The van der Waals surface area contributed by atoms with Crippen LogP contribution >= 0.6 is 0 Å². The molecule has 0 radical (unpaired) electrons. The molecule has 13 nitrogen and oxygen atoms in total. The van der Waals surface area contributed by atoms with Crippen LogP contribution in [-0.2, 0) is 28.8 Å². The number of hydrogen-bond donors (Lipinski definition) is 0. The Labute approximate surface area is 303 Å². The first kappa shape index (κ1) is 36.3. The summed E-state index contributed by atoms with van der Waals surface area (Å²) in [5, 5.41) is 0. The molecular formula is C40H34O13. The monoisotopic (exact) mass is 722 g/mol. The minimum Gasteiger partial charge on any atom is -0.485 e. The summed E-state index contributed by atoms with van der Waals surface area (Å²) in [6.45, 7) is 7.53. The van der Waals surface area contributed by atoms with Crippen LogP contribution in [0, 0.1) is 0 Å². The van der Waals surface area contributed by atoms with E-state index in [2.05, 4.69) is 0 Å². The highest BCUT2D eigenvalue weighted by molar-refractivity contribution is 5.76. The second-order valence-electron chi connectivity index (χ2n) is 12.6. The number of rotatable bonds is 8. The van der Waals surface area contributed by atoms with Gasteiger partial charge < -0.3 is 33.2 Å². The Morgan fingerprint density at radius 2 is 0.943 bits per heavy atom. The Morgan fingerprint density at radius 1 is 0.453 bits per heavy atom. The maximum absolute atomic E-state index is 12.6. The van der Waals surface area contributed by atoms with Gasteiger partial charge in [-0.3, -0.25) is 28.8 Å². The van der Waals surface area contributed by atoms with Crippen LogP contribution in [0.3, 0.4) is 0 Å². The third-order valence-corrected chi connectivity index (χ3v) is 8.52. The van der Waals surface area contributed by atoms with E-state index >= 15 is 0 Å². The number of fused-ring (bicyclic) bond motifs is 5. The minimum absolute atomic E-state index is 0.0944. The largest absolute Gasteiger partial charge is 0.485 e. The van der Waals surface area contributed by atoms with Crippen LogP contribution in [-0.4, -0.2) is 35.8 Å². The molecule has 0 aromatic heterocycles. The van der Waals surface area contributed by atoms with E-state index in [9.17, 15) is 28.8 Å². The maximum Gasteiger partial charge on any atom is 0.308 e. The third-order valence-electron chi connectivity index (χ3n) is 8.52. The summed E-state index contributed by atoms with van der Waals surface area (Å²) >= 11 is 0. The smallest absolute Gasteiger partial charge is 0.308 e. The molecule has 2 aliphatic rings. The van der Waals surface area contributed by atoms with E-state index in [1.165, 1.54) is 53.7 Å². The first-order chi connectivity index (χ1) is 25.2. The van der Waals surface area contributed by atoms with Gasteiger partial charge in [0.25, 0.3) is 0 Å². The van der Waals surface area contributed by atoms with Gasteiger partial charge in [0, 0.05) is 83.1 Å². The number of hydrogen-bond acceptors (Lipinski definition) is 13. The van der Waals surface area contributed by atoms with Gasteiger partial charge in [0.05, 0.1) is 0 Å². The molecule has 13 heteroatoms. The van der Waals surface area contributed by atoms with Crippen LogP contribution in [0.2, 0.25) is 0 Å². The molecule has 0 spiro atoms. The lowest BCUT2D eigenvalue weighted by molar-refractivity contribution is -0.133. The Bertz CT molecular complexity index is 2130. The Morgan fingerprint density at radius 3 is 1.49 bits per heavy atom. The van der Waals surface area contributed by atoms with E-state index in [4.69, 9.17) is 33.2 Å². The fourth-order valence-electron chi connectivity index (χ4n) is 7.10. The molecule has 1 heterocycles. The van der Waals surface area contributed by atoms with Gasteiger partial charge in [0.1, 0.15) is 46.4 Å². The highest BCUT2D eigenvalue weighted by Gasteiger charge is 2.52. The zero-order valence-electron chi connectivity index (χ0n) is 29.5. The third kappa shape index (κ3) is 7.88. The lowest BCUT2D eigenvalue weighted by Gasteiger charge is -2.39. The molecular weight excluding hydrogens is 688 g/mol. The normalized spacial score (nSPS) is 17.8. The molecule has 0 N–H and O–H groups in total. The van der Waals surface area contributed by atoms with E-state index < -0.39 is 59.7 Å². The predicted octanol–water partition coefficient (Wildman–Crippen LogP) is 6.39. The summed E-state index contributed by atoms with van der Waals surface area (Å²) in [5.74, 6) is -4.01. The fourth-order valence-corrected chi connectivity index (χ4v) is 7.10. The summed E-state index contributed by atoms with van der Waals surface area (Å²) in [6.07, 6.45) is -0.780. The van der Waals surface area contributed by atoms with Crippen molar-refractivity contribution in [2.45, 2.75) is 65.4 Å². The molecule has 1 aliphatic carbocycles. The van der Waals surface area contributed by atoms with Crippen molar-refractivity contribution in [1.29, 1.82) is 0 Å². The molecule has 0 saturated carbocycles. The maximum atomic E-state index is 12.6. The molecule has 1 aliphatic heterocycles. The van der Waals surface area contributed by atoms with Crippen LogP contribution < -0.4 is 33.2 Å². The van der Waals surface area contributed by atoms with Gasteiger partial charge in [-0.15, -0.1) is 0 Å². The summed E-state index contributed by atoms with van der Waals surface area (Å²) in [5.41, 5.74) is 2.98. The van der Waals surface area contributed by atoms with Gasteiger partial charge in [-0.1, -0.05) is 18.2 Å². The van der Waals surface area contributed by atoms with E-state index in [1.54, 1.807) is 60.7 Å². The molecule has 0 saturated heterocycles. The number of benzene rings is 4. The average molecular weight is 723 g/mol. The lowest BCUT2D eigenvalue weighted by Crippen LogP contribution is -2.27. The van der Waals surface area contributed by atoms with Crippen molar-refractivity contribution in [1.82, 2.24) is 0 Å². The molecule has 0 unspecified atom stereocenters. The summed E-state index contributed by atoms with van der Waals surface area (Å²) < 4.78 is 39.8. The van der Waals surface area contributed by atoms with Crippen LogP contribution in [0.25, 0.3) is 0 Å². The fraction of sp³-hybridized carbons (Fsp3) is 0.250. The Balaban J connectivity index is 1.67. The zero-order valence-corrected chi connectivity index (χ0v) is 29.5. The number of esters is 6. The molecule has 0 fully saturated rings. The van der Waals surface area contributed by atoms with E-state index in [0.717, 1.165) is 0 Å². The van der Waals surface area contributed by atoms with E-state index in [1.807, 2.05) is 0 Å². The van der Waals surface area contributed by atoms with Gasteiger partial charge >= 0.3 is 35.8 Å². The van der Waals surface area contributed by atoms with Crippen molar-refractivity contribution in [3.05, 3.63) is 101 Å². The van der Waals surface area contributed by atoms with E-state index in [0.29, 0.717) is 39.3 Å². The molecule has 0 amide bonds. The van der Waals surface area contributed by atoms with Crippen LogP contribution in [0.5, 0.6) is 40.2 Å². The standard InChI is InChI=1S/C40H34O13/c1-19(41)47-27-9-7-25(8-10-27)40-39-33-16-31(51-23(5)45)18-35(52-24(6)46)37(33)36(26-13-29(49-21(3)43)15-30(14-26)50-22(4)44)38(39)32-12-11-28(48-20(2)42)17-34(32)53-40/h7-18,36,38-40H,1-6H3/t36-,38-,39-,40+/m1/s1. The minimum atomic E-state index is -0.780. The van der Waals surface area contributed by atoms with Crippen LogP contribution in [0.1, 0.15) is 93.2 Å². The molecule has 0 bridgehead atoms. The lowest BCUT2D eigenvalue weighted by atomic mass is 9.73. The zero-order chi connectivity index (χ0) is 38.1. The van der Waals surface area contributed by atoms with Gasteiger partial charge in [-0.2, -0.15) is 0 Å². The average Bonchev–Trinajstić information content (AvgIpc) is 3.38. The van der Waals surface area contributed by atoms with Crippen LogP contribution in [0.15, 0.2) is 72.8 Å². The number of carbonyl (C=O) groups excluding carboxylic acids is 6. The van der Waals surface area contributed by atoms with Crippen molar-refractivity contribution in [3.8, 4) is 40.2 Å². The highest BCUT2D eigenvalue weighted by atomic mass is 16.6. The SMILES string of the molecule is CC(=O)Oc1ccc([C@@H]2Oc3cc(OC(C)=O)ccc3[C@@H]3[C@H](c4cc(OC(C)=O)cc(OC(C)=O)c4)c4c(OC(C)=O)cc(OC(C)=O)cc4[C@H]32)cc1. The molecule has 4 aromatic carbocycles. The van der Waals surface area contributed by atoms with Gasteiger partial charge in [0.2, 0.25) is 0 Å². The molecule has 53 heavy (non-hydrogen) atoms.